The Morgan fingerprint density at radius 3 is 2.87 bits per heavy atom. The van der Waals surface area contributed by atoms with Gasteiger partial charge in [0, 0.05) is 30.1 Å². The van der Waals surface area contributed by atoms with Gasteiger partial charge in [-0.2, -0.15) is 5.26 Å². The fraction of sp³-hybridized carbons (Fsp3) is 0.364. The third-order valence-electron chi connectivity index (χ3n) is 2.66. The number of nitriles is 1. The lowest BCUT2D eigenvalue weighted by molar-refractivity contribution is 0.200. The molecule has 1 fully saturated rings. The van der Waals surface area contributed by atoms with Gasteiger partial charge in [-0.3, -0.25) is 0 Å². The van der Waals surface area contributed by atoms with Crippen molar-refractivity contribution >= 4 is 21.6 Å². The molecule has 0 unspecified atom stereocenters. The number of halogens is 1. The van der Waals surface area contributed by atoms with Crippen LogP contribution in [0.4, 0.5) is 5.69 Å². The van der Waals surface area contributed by atoms with Gasteiger partial charge in [-0.15, -0.1) is 0 Å². The number of nitrogens with zero attached hydrogens (tertiary/aromatic N) is 2. The normalized spacial score (nSPS) is 15.9. The van der Waals surface area contributed by atoms with Crippen LogP contribution in [0.15, 0.2) is 22.7 Å². The molecule has 1 saturated heterocycles. The maximum absolute atomic E-state index is 9.03. The van der Waals surface area contributed by atoms with Crippen LogP contribution in [0.25, 0.3) is 0 Å². The zero-order valence-electron chi connectivity index (χ0n) is 8.15. The summed E-state index contributed by atoms with van der Waals surface area (Å²) in [5.74, 6) is 0.357. The van der Waals surface area contributed by atoms with E-state index in [4.69, 9.17) is 10.4 Å². The van der Waals surface area contributed by atoms with Gasteiger partial charge >= 0.3 is 0 Å². The lowest BCUT2D eigenvalue weighted by atomic mass is 9.99. The molecule has 15 heavy (non-hydrogen) atoms. The summed E-state index contributed by atoms with van der Waals surface area (Å²) >= 11 is 3.36. The lowest BCUT2D eigenvalue weighted by Gasteiger charge is -2.40. The molecular formula is C11H11BrN2O. The highest BCUT2D eigenvalue weighted by atomic mass is 79.9. The predicted molar refractivity (Wildman–Crippen MR) is 61.6 cm³/mol. The minimum absolute atomic E-state index is 0.229. The second-order valence-electron chi connectivity index (χ2n) is 3.70. The van der Waals surface area contributed by atoms with E-state index in [9.17, 15) is 0 Å². The van der Waals surface area contributed by atoms with Gasteiger partial charge in [0.15, 0.2) is 0 Å². The first-order valence-corrected chi connectivity index (χ1v) is 5.60. The third kappa shape index (κ3) is 1.85. The molecule has 2 rings (SSSR count). The number of hydrogen-bond donors (Lipinski definition) is 1. The van der Waals surface area contributed by atoms with Gasteiger partial charge in [0.1, 0.15) is 6.07 Å². The predicted octanol–water partition coefficient (Wildman–Crippen LogP) is 1.75. The fourth-order valence-corrected chi connectivity index (χ4v) is 2.21. The number of aliphatic hydroxyl groups excluding tert-OH is 1. The molecule has 0 saturated carbocycles. The maximum Gasteiger partial charge on any atom is 0.103 e. The van der Waals surface area contributed by atoms with E-state index >= 15 is 0 Å². The molecule has 0 bridgehead atoms. The van der Waals surface area contributed by atoms with Crippen LogP contribution in [0, 0.1) is 17.2 Å². The third-order valence-corrected chi connectivity index (χ3v) is 3.32. The molecule has 1 heterocycles. The Kier molecular flexibility index (Phi) is 2.94. The highest BCUT2D eigenvalue weighted by molar-refractivity contribution is 9.10. The summed E-state index contributed by atoms with van der Waals surface area (Å²) in [6.45, 7) is 1.90. The average Bonchev–Trinajstić information content (AvgIpc) is 2.16. The Labute approximate surface area is 97.1 Å². The van der Waals surface area contributed by atoms with Crippen LogP contribution in [0.3, 0.4) is 0 Å². The number of rotatable bonds is 2. The highest BCUT2D eigenvalue weighted by Gasteiger charge is 2.27. The molecule has 0 radical (unpaired) electrons. The van der Waals surface area contributed by atoms with Gasteiger partial charge < -0.3 is 10.0 Å². The summed E-state index contributed by atoms with van der Waals surface area (Å²) in [6, 6.07) is 7.93. The van der Waals surface area contributed by atoms with Crippen LogP contribution in [0.5, 0.6) is 0 Å². The summed E-state index contributed by atoms with van der Waals surface area (Å²) in [5.41, 5.74) is 1.63. The minimum atomic E-state index is 0.229. The van der Waals surface area contributed by atoms with Crippen molar-refractivity contribution in [1.29, 1.82) is 5.26 Å². The molecule has 1 N–H and O–H groups in total. The van der Waals surface area contributed by atoms with Crippen LogP contribution in [0.2, 0.25) is 0 Å². The molecule has 4 heteroatoms. The van der Waals surface area contributed by atoms with Crippen molar-refractivity contribution in [3.63, 3.8) is 0 Å². The monoisotopic (exact) mass is 266 g/mol. The van der Waals surface area contributed by atoms with Crippen molar-refractivity contribution in [1.82, 2.24) is 0 Å². The van der Waals surface area contributed by atoms with E-state index in [2.05, 4.69) is 26.9 Å². The molecule has 0 amide bonds. The number of benzene rings is 1. The molecule has 0 aliphatic carbocycles. The van der Waals surface area contributed by atoms with Gasteiger partial charge in [-0.1, -0.05) is 6.07 Å². The van der Waals surface area contributed by atoms with Gasteiger partial charge in [0.2, 0.25) is 0 Å². The van der Waals surface area contributed by atoms with Crippen molar-refractivity contribution < 1.29 is 5.11 Å². The van der Waals surface area contributed by atoms with E-state index in [0.29, 0.717) is 11.5 Å². The number of anilines is 1. The summed E-state index contributed by atoms with van der Waals surface area (Å²) in [7, 11) is 0. The van der Waals surface area contributed by atoms with Crippen LogP contribution < -0.4 is 4.90 Å². The summed E-state index contributed by atoms with van der Waals surface area (Å²) in [5, 5.41) is 18.0. The van der Waals surface area contributed by atoms with E-state index in [1.165, 1.54) is 0 Å². The Morgan fingerprint density at radius 2 is 2.27 bits per heavy atom. The van der Waals surface area contributed by atoms with Crippen molar-refractivity contribution in [2.24, 2.45) is 5.92 Å². The standard InChI is InChI=1S/C11H11BrN2O/c12-10-2-1-3-11(9(10)4-13)14-5-8(6-14)7-15/h1-3,8,15H,5-7H2. The molecule has 1 aromatic rings. The number of hydrogen-bond acceptors (Lipinski definition) is 3. The van der Waals surface area contributed by atoms with Gasteiger partial charge in [0.05, 0.1) is 11.3 Å². The Bertz CT molecular complexity index is 408. The first-order chi connectivity index (χ1) is 7.26. The van der Waals surface area contributed by atoms with Crippen molar-refractivity contribution in [3.05, 3.63) is 28.2 Å². The zero-order valence-corrected chi connectivity index (χ0v) is 9.74. The van der Waals surface area contributed by atoms with Crippen LogP contribution in [-0.4, -0.2) is 24.8 Å². The van der Waals surface area contributed by atoms with Crippen molar-refractivity contribution in [2.75, 3.05) is 24.6 Å². The quantitative estimate of drug-likeness (QED) is 0.888. The van der Waals surface area contributed by atoms with E-state index in [-0.39, 0.29) is 6.61 Å². The van der Waals surface area contributed by atoms with E-state index in [0.717, 1.165) is 23.2 Å². The number of aliphatic hydroxyl groups is 1. The maximum atomic E-state index is 9.03. The highest BCUT2D eigenvalue weighted by Crippen LogP contribution is 2.31. The molecular weight excluding hydrogens is 256 g/mol. The first kappa shape index (κ1) is 10.5. The summed E-state index contributed by atoms with van der Waals surface area (Å²) < 4.78 is 0.829. The molecule has 3 nitrogen and oxygen atoms in total. The smallest absolute Gasteiger partial charge is 0.103 e. The molecule has 1 aliphatic rings. The Balaban J connectivity index is 2.23. The Hall–Kier alpha value is -1.05. The molecule has 78 valence electrons. The van der Waals surface area contributed by atoms with Gasteiger partial charge in [0.25, 0.3) is 0 Å². The summed E-state index contributed by atoms with van der Waals surface area (Å²) in [4.78, 5) is 2.12. The first-order valence-electron chi connectivity index (χ1n) is 4.80. The minimum Gasteiger partial charge on any atom is -0.396 e. The van der Waals surface area contributed by atoms with E-state index < -0.39 is 0 Å². The SMILES string of the molecule is N#Cc1c(Br)cccc1N1CC(CO)C1. The van der Waals surface area contributed by atoms with E-state index in [1.807, 2.05) is 18.2 Å². The topological polar surface area (TPSA) is 47.3 Å². The second kappa shape index (κ2) is 4.21. The van der Waals surface area contributed by atoms with Crippen LogP contribution in [0.1, 0.15) is 5.56 Å². The molecule has 0 atom stereocenters. The average molecular weight is 267 g/mol. The van der Waals surface area contributed by atoms with Crippen molar-refractivity contribution in [2.45, 2.75) is 0 Å². The lowest BCUT2D eigenvalue weighted by Crippen LogP contribution is -2.48. The van der Waals surface area contributed by atoms with Crippen LogP contribution >= 0.6 is 15.9 Å². The van der Waals surface area contributed by atoms with Crippen molar-refractivity contribution in [3.8, 4) is 6.07 Å². The molecule has 1 aliphatic heterocycles. The van der Waals surface area contributed by atoms with Crippen LogP contribution in [-0.2, 0) is 0 Å². The molecule has 0 spiro atoms. The largest absolute Gasteiger partial charge is 0.396 e. The molecule has 0 aromatic heterocycles. The summed E-state index contributed by atoms with van der Waals surface area (Å²) in [6.07, 6.45) is 0. The molecule has 1 aromatic carbocycles. The zero-order chi connectivity index (χ0) is 10.8. The van der Waals surface area contributed by atoms with E-state index in [1.54, 1.807) is 0 Å². The Morgan fingerprint density at radius 1 is 1.53 bits per heavy atom. The van der Waals surface area contributed by atoms with Gasteiger partial charge in [-0.05, 0) is 28.1 Å². The van der Waals surface area contributed by atoms with Gasteiger partial charge in [-0.25, -0.2) is 0 Å². The fourth-order valence-electron chi connectivity index (χ4n) is 1.77. The second-order valence-corrected chi connectivity index (χ2v) is 4.55.